The van der Waals surface area contributed by atoms with Crippen LogP contribution in [0.4, 0.5) is 17.6 Å². The Kier molecular flexibility index (Phi) is 2.51. The summed E-state index contributed by atoms with van der Waals surface area (Å²) in [5, 5.41) is 0. The Labute approximate surface area is 43.8 Å². The van der Waals surface area contributed by atoms with Crippen molar-refractivity contribution in [3.63, 3.8) is 0 Å². The second-order valence-corrected chi connectivity index (χ2v) is 1.10. The second-order valence-electron chi connectivity index (χ2n) is 1.10. The first-order valence-electron chi connectivity index (χ1n) is 1.86. The van der Waals surface area contributed by atoms with E-state index in [1.165, 1.54) is 0 Å². The Morgan fingerprint density at radius 1 is 1.25 bits per heavy atom. The number of rotatable bonds is 1. The van der Waals surface area contributed by atoms with Crippen LogP contribution in [0, 0.1) is 0 Å². The fourth-order valence-electron chi connectivity index (χ4n) is 0.178. The van der Waals surface area contributed by atoms with Gasteiger partial charge in [0.15, 0.2) is 0 Å². The van der Waals surface area contributed by atoms with E-state index < -0.39 is 12.9 Å². The second kappa shape index (κ2) is 2.69. The molecule has 0 aromatic rings. The normalized spacial score (nSPS) is 13.0. The van der Waals surface area contributed by atoms with Crippen LogP contribution in [0.5, 0.6) is 0 Å². The predicted octanol–water partition coefficient (Wildman–Crippen LogP) is 2.07. The molecular formula is C4H4F4. The zero-order valence-electron chi connectivity index (χ0n) is 3.87. The van der Waals surface area contributed by atoms with Crippen molar-refractivity contribution in [3.05, 3.63) is 12.2 Å². The molecule has 0 aliphatic heterocycles. The molecule has 0 atom stereocenters. The highest BCUT2D eigenvalue weighted by Crippen LogP contribution is 2.15. The molecule has 0 saturated heterocycles. The predicted molar refractivity (Wildman–Crippen MR) is 21.2 cm³/mol. The van der Waals surface area contributed by atoms with Gasteiger partial charge >= 0.3 is 6.18 Å². The van der Waals surface area contributed by atoms with Crippen LogP contribution in [-0.2, 0) is 0 Å². The molecule has 0 aromatic carbocycles. The standard InChI is InChI=1S/C4H4F4/c5-3-1-2-4(6,7)8/h1-2H,3H2. The van der Waals surface area contributed by atoms with Gasteiger partial charge in [0.2, 0.25) is 0 Å². The molecule has 8 heavy (non-hydrogen) atoms. The molecule has 0 saturated carbocycles. The van der Waals surface area contributed by atoms with Crippen LogP contribution in [-0.4, -0.2) is 12.9 Å². The van der Waals surface area contributed by atoms with Gasteiger partial charge in [0.05, 0.1) is 0 Å². The van der Waals surface area contributed by atoms with Gasteiger partial charge in [0.1, 0.15) is 6.67 Å². The minimum atomic E-state index is -4.37. The molecule has 0 nitrogen and oxygen atoms in total. The summed E-state index contributed by atoms with van der Waals surface area (Å²) < 4.78 is 43.9. The average molecular weight is 128 g/mol. The van der Waals surface area contributed by atoms with Crippen molar-refractivity contribution in [3.8, 4) is 0 Å². The van der Waals surface area contributed by atoms with E-state index in [1.54, 1.807) is 0 Å². The lowest BCUT2D eigenvalue weighted by molar-refractivity contribution is -0.0801. The Morgan fingerprint density at radius 3 is 1.88 bits per heavy atom. The van der Waals surface area contributed by atoms with Gasteiger partial charge in [-0.1, -0.05) is 0 Å². The summed E-state index contributed by atoms with van der Waals surface area (Å²) in [5.74, 6) is 0. The molecule has 0 bridgehead atoms. The summed E-state index contributed by atoms with van der Waals surface area (Å²) in [5.41, 5.74) is 0. The Hall–Kier alpha value is -0.540. The fourth-order valence-corrected chi connectivity index (χ4v) is 0.178. The highest BCUT2D eigenvalue weighted by atomic mass is 19.4. The molecule has 0 aliphatic carbocycles. The molecule has 0 amide bonds. The Balaban J connectivity index is 3.52. The van der Waals surface area contributed by atoms with Crippen LogP contribution < -0.4 is 0 Å². The highest BCUT2D eigenvalue weighted by Gasteiger charge is 2.21. The lowest BCUT2D eigenvalue weighted by Crippen LogP contribution is -2.00. The SMILES string of the molecule is FCC=CC(F)(F)F. The molecule has 48 valence electrons. The van der Waals surface area contributed by atoms with Gasteiger partial charge in [0.25, 0.3) is 0 Å². The number of alkyl halides is 4. The molecule has 0 fully saturated rings. The van der Waals surface area contributed by atoms with Crippen molar-refractivity contribution in [1.82, 2.24) is 0 Å². The molecule has 4 heteroatoms. The third kappa shape index (κ3) is 5.46. The highest BCUT2D eigenvalue weighted by molar-refractivity contribution is 4.87. The third-order valence-corrected chi connectivity index (χ3v) is 0.396. The van der Waals surface area contributed by atoms with Gasteiger partial charge < -0.3 is 0 Å². The number of halogens is 4. The van der Waals surface area contributed by atoms with E-state index >= 15 is 0 Å². The monoisotopic (exact) mass is 128 g/mol. The molecule has 0 heterocycles. The zero-order valence-corrected chi connectivity index (χ0v) is 3.87. The van der Waals surface area contributed by atoms with E-state index in [4.69, 9.17) is 0 Å². The van der Waals surface area contributed by atoms with Crippen LogP contribution in [0.15, 0.2) is 12.2 Å². The number of allylic oxidation sites excluding steroid dienone is 2. The topological polar surface area (TPSA) is 0 Å². The van der Waals surface area contributed by atoms with Crippen LogP contribution in [0.2, 0.25) is 0 Å². The van der Waals surface area contributed by atoms with Crippen LogP contribution in [0.3, 0.4) is 0 Å². The summed E-state index contributed by atoms with van der Waals surface area (Å²) in [6.45, 7) is -1.07. The van der Waals surface area contributed by atoms with E-state index in [1.807, 2.05) is 0 Å². The van der Waals surface area contributed by atoms with Gasteiger partial charge in [-0.3, -0.25) is 0 Å². The maximum atomic E-state index is 11.0. The van der Waals surface area contributed by atoms with Gasteiger partial charge in [0, 0.05) is 6.08 Å². The minimum absolute atomic E-state index is 0.132. The maximum absolute atomic E-state index is 11.0. The van der Waals surface area contributed by atoms with Gasteiger partial charge in [-0.15, -0.1) is 0 Å². The molecule has 0 aromatic heterocycles. The maximum Gasteiger partial charge on any atom is 0.409 e. The van der Waals surface area contributed by atoms with Crippen molar-refractivity contribution in [2.24, 2.45) is 0 Å². The van der Waals surface area contributed by atoms with Gasteiger partial charge in [-0.25, -0.2) is 4.39 Å². The van der Waals surface area contributed by atoms with Crippen molar-refractivity contribution in [2.75, 3.05) is 6.67 Å². The average Bonchev–Trinajstić information content (AvgIpc) is 1.59. The summed E-state index contributed by atoms with van der Waals surface area (Å²) in [6.07, 6.45) is -4.08. The van der Waals surface area contributed by atoms with Crippen LogP contribution >= 0.6 is 0 Å². The van der Waals surface area contributed by atoms with E-state index in [9.17, 15) is 17.6 Å². The largest absolute Gasteiger partial charge is 0.409 e. The van der Waals surface area contributed by atoms with Crippen LogP contribution in [0.25, 0.3) is 0 Å². The Morgan fingerprint density at radius 2 is 1.75 bits per heavy atom. The van der Waals surface area contributed by atoms with E-state index in [2.05, 4.69) is 0 Å². The molecule has 0 N–H and O–H groups in total. The Bertz CT molecular complexity index is 80.5. The summed E-state index contributed by atoms with van der Waals surface area (Å²) >= 11 is 0. The van der Waals surface area contributed by atoms with E-state index in [0.29, 0.717) is 6.08 Å². The third-order valence-electron chi connectivity index (χ3n) is 0.396. The zero-order chi connectivity index (χ0) is 6.62. The van der Waals surface area contributed by atoms with Crippen molar-refractivity contribution in [1.29, 1.82) is 0 Å². The van der Waals surface area contributed by atoms with Gasteiger partial charge in [-0.05, 0) is 6.08 Å². The molecule has 0 rings (SSSR count). The van der Waals surface area contributed by atoms with Crippen molar-refractivity contribution < 1.29 is 17.6 Å². The quantitative estimate of drug-likeness (QED) is 0.374. The molecule has 0 aliphatic rings. The minimum Gasteiger partial charge on any atom is -0.247 e. The van der Waals surface area contributed by atoms with E-state index in [0.717, 1.165) is 0 Å². The smallest absolute Gasteiger partial charge is 0.247 e. The van der Waals surface area contributed by atoms with Crippen molar-refractivity contribution in [2.45, 2.75) is 6.18 Å². The summed E-state index contributed by atoms with van der Waals surface area (Å²) in [6, 6.07) is 0. The fraction of sp³-hybridized carbons (Fsp3) is 0.500. The number of hydrogen-bond acceptors (Lipinski definition) is 0. The van der Waals surface area contributed by atoms with E-state index in [-0.39, 0.29) is 6.08 Å². The van der Waals surface area contributed by atoms with Crippen molar-refractivity contribution >= 4 is 0 Å². The first-order valence-corrected chi connectivity index (χ1v) is 1.86. The molecule has 0 unspecified atom stereocenters. The lowest BCUT2D eigenvalue weighted by atomic mass is 10.5. The summed E-state index contributed by atoms with van der Waals surface area (Å²) in [4.78, 5) is 0. The molecule has 0 spiro atoms. The molecular weight excluding hydrogens is 124 g/mol. The van der Waals surface area contributed by atoms with Gasteiger partial charge in [-0.2, -0.15) is 13.2 Å². The lowest BCUT2D eigenvalue weighted by Gasteiger charge is -1.94. The van der Waals surface area contributed by atoms with Crippen LogP contribution in [0.1, 0.15) is 0 Å². The summed E-state index contributed by atoms with van der Waals surface area (Å²) in [7, 11) is 0. The first-order chi connectivity index (χ1) is 3.56. The number of hydrogen-bond donors (Lipinski definition) is 0. The first kappa shape index (κ1) is 7.46. The molecule has 0 radical (unpaired) electrons.